The van der Waals surface area contributed by atoms with Crippen LogP contribution in [0.5, 0.6) is 11.5 Å². The van der Waals surface area contributed by atoms with Crippen LogP contribution in [0.1, 0.15) is 11.1 Å². The van der Waals surface area contributed by atoms with Crippen LogP contribution in [-0.2, 0) is 5.75 Å². The summed E-state index contributed by atoms with van der Waals surface area (Å²) in [6, 6.07) is 25.2. The van der Waals surface area contributed by atoms with Crippen molar-refractivity contribution in [3.05, 3.63) is 101 Å². The third kappa shape index (κ3) is 5.47. The van der Waals surface area contributed by atoms with E-state index in [2.05, 4.69) is 15.3 Å². The molecule has 29 heavy (non-hydrogen) atoms. The lowest BCUT2D eigenvalue weighted by Crippen LogP contribution is -1.93. The summed E-state index contributed by atoms with van der Waals surface area (Å²) >= 11 is 7.49. The maximum atomic E-state index is 5.93. The standard InChI is InChI=1S/C22H17ClN4OS/c23-19-11-9-17(10-12-19)15-29-22-26-24-16-27(22)25-14-18-5-4-8-21(13-18)28-20-6-2-1-3-7-20/h1-14,16H,15H2/b25-14+. The number of ether oxygens (including phenoxy) is 1. The van der Waals surface area contributed by atoms with Crippen LogP contribution in [0.2, 0.25) is 5.02 Å². The van der Waals surface area contributed by atoms with E-state index in [-0.39, 0.29) is 0 Å². The Morgan fingerprint density at radius 2 is 1.76 bits per heavy atom. The van der Waals surface area contributed by atoms with Gasteiger partial charge in [0.25, 0.3) is 0 Å². The monoisotopic (exact) mass is 420 g/mol. The minimum absolute atomic E-state index is 0.716. The van der Waals surface area contributed by atoms with Crippen LogP contribution in [0.15, 0.2) is 95.4 Å². The van der Waals surface area contributed by atoms with Crippen molar-refractivity contribution < 1.29 is 4.74 Å². The van der Waals surface area contributed by atoms with Gasteiger partial charge in [-0.15, -0.1) is 10.2 Å². The maximum Gasteiger partial charge on any atom is 0.212 e. The first-order valence-electron chi connectivity index (χ1n) is 8.91. The van der Waals surface area contributed by atoms with E-state index in [1.54, 1.807) is 29.0 Å². The molecule has 0 aliphatic carbocycles. The van der Waals surface area contributed by atoms with Crippen LogP contribution < -0.4 is 4.74 Å². The van der Waals surface area contributed by atoms with E-state index in [1.807, 2.05) is 78.9 Å². The average Bonchev–Trinajstić information content (AvgIpc) is 3.20. The zero-order valence-corrected chi connectivity index (χ0v) is 16.9. The van der Waals surface area contributed by atoms with Gasteiger partial charge in [-0.2, -0.15) is 9.78 Å². The normalized spacial score (nSPS) is 11.1. The fourth-order valence-corrected chi connectivity index (χ4v) is 3.48. The Morgan fingerprint density at radius 1 is 0.966 bits per heavy atom. The van der Waals surface area contributed by atoms with Gasteiger partial charge in [0.2, 0.25) is 5.16 Å². The van der Waals surface area contributed by atoms with Crippen LogP contribution >= 0.6 is 23.4 Å². The first-order valence-corrected chi connectivity index (χ1v) is 10.3. The Labute approximate surface area is 178 Å². The number of thioether (sulfide) groups is 1. The second-order valence-electron chi connectivity index (χ2n) is 6.11. The molecule has 5 nitrogen and oxygen atoms in total. The number of hydrogen-bond donors (Lipinski definition) is 0. The fraction of sp³-hybridized carbons (Fsp3) is 0.0455. The van der Waals surface area contributed by atoms with E-state index in [1.165, 1.54) is 0 Å². The van der Waals surface area contributed by atoms with Gasteiger partial charge in [-0.1, -0.05) is 65.8 Å². The molecule has 0 fully saturated rings. The van der Waals surface area contributed by atoms with Gasteiger partial charge in [-0.3, -0.25) is 0 Å². The summed E-state index contributed by atoms with van der Waals surface area (Å²) in [7, 11) is 0. The molecular formula is C22H17ClN4OS. The fourth-order valence-electron chi connectivity index (χ4n) is 2.53. The van der Waals surface area contributed by atoms with Crippen molar-refractivity contribution in [2.75, 3.05) is 0 Å². The van der Waals surface area contributed by atoms with E-state index in [0.29, 0.717) is 5.16 Å². The molecule has 144 valence electrons. The zero-order valence-electron chi connectivity index (χ0n) is 15.4. The molecule has 0 N–H and O–H groups in total. The molecule has 0 saturated carbocycles. The van der Waals surface area contributed by atoms with Crippen LogP contribution in [-0.4, -0.2) is 21.1 Å². The average molecular weight is 421 g/mol. The summed E-state index contributed by atoms with van der Waals surface area (Å²) in [6.07, 6.45) is 3.35. The first-order chi connectivity index (χ1) is 14.3. The van der Waals surface area contributed by atoms with Gasteiger partial charge < -0.3 is 4.74 Å². The highest BCUT2D eigenvalue weighted by atomic mass is 35.5. The Morgan fingerprint density at radius 3 is 2.59 bits per heavy atom. The summed E-state index contributed by atoms with van der Waals surface area (Å²) in [5.41, 5.74) is 2.07. The highest BCUT2D eigenvalue weighted by Gasteiger charge is 2.05. The summed E-state index contributed by atoms with van der Waals surface area (Å²) in [5.74, 6) is 2.30. The molecule has 4 rings (SSSR count). The second kappa shape index (κ2) is 9.41. The molecular weight excluding hydrogens is 404 g/mol. The van der Waals surface area contributed by atoms with Crippen molar-refractivity contribution in [2.45, 2.75) is 10.9 Å². The lowest BCUT2D eigenvalue weighted by Gasteiger charge is -2.06. The van der Waals surface area contributed by atoms with Crippen molar-refractivity contribution >= 4 is 29.6 Å². The van der Waals surface area contributed by atoms with Crippen molar-refractivity contribution in [1.29, 1.82) is 0 Å². The first kappa shape index (κ1) is 19.2. The van der Waals surface area contributed by atoms with Gasteiger partial charge >= 0.3 is 0 Å². The number of nitrogens with zero attached hydrogens (tertiary/aromatic N) is 4. The lowest BCUT2D eigenvalue weighted by atomic mass is 10.2. The van der Waals surface area contributed by atoms with Crippen molar-refractivity contribution in [1.82, 2.24) is 14.9 Å². The number of halogens is 1. The summed E-state index contributed by atoms with van der Waals surface area (Å²) in [6.45, 7) is 0. The molecule has 1 heterocycles. The molecule has 7 heteroatoms. The molecule has 0 saturated heterocycles. The number of para-hydroxylation sites is 1. The lowest BCUT2D eigenvalue weighted by molar-refractivity contribution is 0.482. The van der Waals surface area contributed by atoms with E-state index in [9.17, 15) is 0 Å². The minimum Gasteiger partial charge on any atom is -0.457 e. The van der Waals surface area contributed by atoms with E-state index in [0.717, 1.165) is 33.4 Å². The molecule has 0 aliphatic heterocycles. The highest BCUT2D eigenvalue weighted by molar-refractivity contribution is 7.98. The Hall–Kier alpha value is -3.09. The summed E-state index contributed by atoms with van der Waals surface area (Å²) in [5, 5.41) is 14.0. The molecule has 1 aromatic heterocycles. The Kier molecular flexibility index (Phi) is 6.24. The van der Waals surface area contributed by atoms with Crippen LogP contribution in [0.4, 0.5) is 0 Å². The molecule has 0 spiro atoms. The largest absolute Gasteiger partial charge is 0.457 e. The highest BCUT2D eigenvalue weighted by Crippen LogP contribution is 2.23. The summed E-state index contributed by atoms with van der Waals surface area (Å²) in [4.78, 5) is 0. The molecule has 4 aromatic rings. The quantitative estimate of drug-likeness (QED) is 0.276. The zero-order chi connectivity index (χ0) is 19.9. The third-order valence-electron chi connectivity index (χ3n) is 3.95. The van der Waals surface area contributed by atoms with Crippen LogP contribution in [0, 0.1) is 0 Å². The molecule has 0 atom stereocenters. The SMILES string of the molecule is Clc1ccc(CSc2nncn2/N=C/c2cccc(Oc3ccccc3)c2)cc1. The maximum absolute atomic E-state index is 5.93. The van der Waals surface area contributed by atoms with Gasteiger partial charge in [0.05, 0.1) is 6.21 Å². The van der Waals surface area contributed by atoms with Crippen molar-refractivity contribution in [3.8, 4) is 11.5 Å². The van der Waals surface area contributed by atoms with Gasteiger partial charge in [-0.25, -0.2) is 0 Å². The minimum atomic E-state index is 0.716. The second-order valence-corrected chi connectivity index (χ2v) is 7.48. The van der Waals surface area contributed by atoms with Gasteiger partial charge in [-0.05, 0) is 47.5 Å². The molecule has 0 unspecified atom stereocenters. The van der Waals surface area contributed by atoms with Crippen molar-refractivity contribution in [3.63, 3.8) is 0 Å². The Balaban J connectivity index is 1.42. The Bertz CT molecular complexity index is 1100. The van der Waals surface area contributed by atoms with Gasteiger partial charge in [0.15, 0.2) is 0 Å². The molecule has 0 bridgehead atoms. The van der Waals surface area contributed by atoms with Crippen LogP contribution in [0.25, 0.3) is 0 Å². The topological polar surface area (TPSA) is 52.3 Å². The molecule has 3 aromatic carbocycles. The van der Waals surface area contributed by atoms with Crippen LogP contribution in [0.3, 0.4) is 0 Å². The van der Waals surface area contributed by atoms with E-state index >= 15 is 0 Å². The predicted molar refractivity (Wildman–Crippen MR) is 117 cm³/mol. The number of aromatic nitrogens is 3. The number of rotatable bonds is 7. The van der Waals surface area contributed by atoms with Gasteiger partial charge in [0.1, 0.15) is 17.8 Å². The van der Waals surface area contributed by atoms with Crippen molar-refractivity contribution in [2.24, 2.45) is 5.10 Å². The number of hydrogen-bond acceptors (Lipinski definition) is 5. The van der Waals surface area contributed by atoms with Gasteiger partial charge in [0, 0.05) is 10.8 Å². The smallest absolute Gasteiger partial charge is 0.212 e. The molecule has 0 radical (unpaired) electrons. The van der Waals surface area contributed by atoms with E-state index < -0.39 is 0 Å². The molecule has 0 aliphatic rings. The predicted octanol–water partition coefficient (Wildman–Crippen LogP) is 5.90. The molecule has 0 amide bonds. The number of benzene rings is 3. The van der Waals surface area contributed by atoms with E-state index in [4.69, 9.17) is 16.3 Å². The summed E-state index contributed by atoms with van der Waals surface area (Å²) < 4.78 is 7.53. The third-order valence-corrected chi connectivity index (χ3v) is 5.21.